The van der Waals surface area contributed by atoms with Crippen molar-refractivity contribution in [1.82, 2.24) is 15.2 Å². The minimum absolute atomic E-state index is 0.247. The van der Waals surface area contributed by atoms with Gasteiger partial charge in [0.1, 0.15) is 5.69 Å². The second-order valence-electron chi connectivity index (χ2n) is 5.58. The Hall–Kier alpha value is -1.04. The summed E-state index contributed by atoms with van der Waals surface area (Å²) in [7, 11) is 0. The molecule has 1 aromatic heterocycles. The maximum atomic E-state index is 11.8. The van der Waals surface area contributed by atoms with Gasteiger partial charge in [-0.25, -0.2) is 0 Å². The number of halogens is 1. The van der Waals surface area contributed by atoms with E-state index >= 15 is 0 Å². The highest BCUT2D eigenvalue weighted by Gasteiger charge is 2.18. The molecule has 2 rings (SSSR count). The molecule has 1 aromatic rings. The summed E-state index contributed by atoms with van der Waals surface area (Å²) in [6.45, 7) is 5.17. The molecule has 3 N–H and O–H groups in total. The Morgan fingerprint density at radius 1 is 1.60 bits per heavy atom. The molecule has 0 aromatic carbocycles. The van der Waals surface area contributed by atoms with Gasteiger partial charge in [-0.3, -0.25) is 4.79 Å². The number of likely N-dealkylation sites (tertiary alicyclic amines) is 1. The molecule has 6 heteroatoms. The third kappa shape index (κ3) is 4.51. The average molecular weight is 300 g/mol. The lowest BCUT2D eigenvalue weighted by Gasteiger charge is -2.31. The third-order valence-electron chi connectivity index (χ3n) is 3.74. The SMILES string of the molecule is CC1CCN(CC(O)CNC(=O)c2cc(Cl)c[nH]2)CC1. The first kappa shape index (κ1) is 15.4. The summed E-state index contributed by atoms with van der Waals surface area (Å²) in [5.74, 6) is 0.531. The van der Waals surface area contributed by atoms with Gasteiger partial charge in [-0.15, -0.1) is 0 Å². The standard InChI is InChI=1S/C14H22ClN3O2/c1-10-2-4-18(5-3-10)9-12(19)8-17-14(20)13-6-11(15)7-16-13/h6-7,10,12,16,19H,2-5,8-9H2,1H3,(H,17,20). The molecule has 112 valence electrons. The number of nitrogens with one attached hydrogen (secondary N) is 2. The highest BCUT2D eigenvalue weighted by molar-refractivity contribution is 6.30. The molecular weight excluding hydrogens is 278 g/mol. The van der Waals surface area contributed by atoms with Crippen LogP contribution in [0.5, 0.6) is 0 Å². The first-order valence-electron chi connectivity index (χ1n) is 7.07. The van der Waals surface area contributed by atoms with Gasteiger partial charge in [0.25, 0.3) is 5.91 Å². The van der Waals surface area contributed by atoms with Crippen molar-refractivity contribution >= 4 is 17.5 Å². The summed E-state index contributed by atoms with van der Waals surface area (Å²) >= 11 is 5.74. The molecule has 20 heavy (non-hydrogen) atoms. The number of aromatic amines is 1. The van der Waals surface area contributed by atoms with Crippen LogP contribution in [0.25, 0.3) is 0 Å². The van der Waals surface area contributed by atoms with Gasteiger partial charge < -0.3 is 20.3 Å². The van der Waals surface area contributed by atoms with Crippen molar-refractivity contribution in [3.63, 3.8) is 0 Å². The summed E-state index contributed by atoms with van der Waals surface area (Å²) in [6, 6.07) is 1.56. The molecule has 5 nitrogen and oxygen atoms in total. The van der Waals surface area contributed by atoms with E-state index in [-0.39, 0.29) is 12.5 Å². The predicted octanol–water partition coefficient (Wildman–Crippen LogP) is 1.49. The molecule has 1 saturated heterocycles. The normalized spacial score (nSPS) is 18.9. The second-order valence-corrected chi connectivity index (χ2v) is 6.01. The fourth-order valence-electron chi connectivity index (χ4n) is 2.41. The summed E-state index contributed by atoms with van der Waals surface area (Å²) in [5.41, 5.74) is 0.411. The zero-order valence-electron chi connectivity index (χ0n) is 11.7. The number of hydrogen-bond donors (Lipinski definition) is 3. The Bertz CT molecular complexity index is 441. The van der Waals surface area contributed by atoms with Crippen LogP contribution in [0.2, 0.25) is 5.02 Å². The molecule has 0 spiro atoms. The highest BCUT2D eigenvalue weighted by Crippen LogP contribution is 2.15. The number of carbonyl (C=O) groups excluding carboxylic acids is 1. The van der Waals surface area contributed by atoms with Crippen molar-refractivity contribution in [2.45, 2.75) is 25.9 Å². The van der Waals surface area contributed by atoms with Gasteiger partial charge in [0.15, 0.2) is 0 Å². The van der Waals surface area contributed by atoms with Crippen LogP contribution >= 0.6 is 11.6 Å². The smallest absolute Gasteiger partial charge is 0.267 e. The van der Waals surface area contributed by atoms with E-state index in [0.29, 0.717) is 17.3 Å². The van der Waals surface area contributed by atoms with E-state index in [9.17, 15) is 9.90 Å². The third-order valence-corrected chi connectivity index (χ3v) is 3.95. The fourth-order valence-corrected chi connectivity index (χ4v) is 2.58. The molecule has 1 atom stereocenters. The fraction of sp³-hybridized carbons (Fsp3) is 0.643. The van der Waals surface area contributed by atoms with Gasteiger partial charge in [0.05, 0.1) is 11.1 Å². The molecule has 2 heterocycles. The van der Waals surface area contributed by atoms with E-state index in [1.807, 2.05) is 0 Å². The van der Waals surface area contributed by atoms with Crippen LogP contribution in [0, 0.1) is 5.92 Å². The van der Waals surface area contributed by atoms with Gasteiger partial charge in [0.2, 0.25) is 0 Å². The topological polar surface area (TPSA) is 68.4 Å². The largest absolute Gasteiger partial charge is 0.390 e. The minimum atomic E-state index is -0.544. The van der Waals surface area contributed by atoms with Gasteiger partial charge in [0, 0.05) is 19.3 Å². The van der Waals surface area contributed by atoms with Crippen molar-refractivity contribution in [3.8, 4) is 0 Å². The zero-order valence-corrected chi connectivity index (χ0v) is 12.5. The number of rotatable bonds is 5. The van der Waals surface area contributed by atoms with Crippen LogP contribution in [-0.2, 0) is 0 Å². The molecule has 0 aliphatic carbocycles. The molecule has 0 radical (unpaired) electrons. The number of piperidine rings is 1. The number of carbonyl (C=O) groups is 1. The summed E-state index contributed by atoms with van der Waals surface area (Å²) in [4.78, 5) is 16.8. The number of aliphatic hydroxyl groups excluding tert-OH is 1. The lowest BCUT2D eigenvalue weighted by atomic mass is 9.99. The monoisotopic (exact) mass is 299 g/mol. The van der Waals surface area contributed by atoms with Crippen molar-refractivity contribution in [2.24, 2.45) is 5.92 Å². The maximum Gasteiger partial charge on any atom is 0.267 e. The van der Waals surface area contributed by atoms with E-state index in [2.05, 4.69) is 22.1 Å². The summed E-state index contributed by atoms with van der Waals surface area (Å²) in [6.07, 6.45) is 3.37. The zero-order chi connectivity index (χ0) is 14.5. The Balaban J connectivity index is 1.69. The van der Waals surface area contributed by atoms with E-state index in [0.717, 1.165) is 19.0 Å². The van der Waals surface area contributed by atoms with Gasteiger partial charge in [-0.1, -0.05) is 18.5 Å². The molecular formula is C14H22ClN3O2. The van der Waals surface area contributed by atoms with Crippen LogP contribution in [0.15, 0.2) is 12.3 Å². The number of amides is 1. The molecule has 1 unspecified atom stereocenters. The molecule has 1 aliphatic rings. The average Bonchev–Trinajstić information content (AvgIpc) is 2.85. The Morgan fingerprint density at radius 3 is 2.90 bits per heavy atom. The number of β-amino-alcohol motifs (C(OH)–C–C–N with tert-alkyl or cyclic N) is 1. The van der Waals surface area contributed by atoms with Crippen molar-refractivity contribution in [3.05, 3.63) is 23.0 Å². The first-order chi connectivity index (χ1) is 9.54. The van der Waals surface area contributed by atoms with E-state index in [4.69, 9.17) is 11.6 Å². The van der Waals surface area contributed by atoms with E-state index in [1.54, 1.807) is 12.3 Å². The van der Waals surface area contributed by atoms with E-state index < -0.39 is 6.10 Å². The van der Waals surface area contributed by atoms with Crippen LogP contribution in [0.4, 0.5) is 0 Å². The van der Waals surface area contributed by atoms with Gasteiger partial charge in [-0.2, -0.15) is 0 Å². The van der Waals surface area contributed by atoms with Crippen LogP contribution in [0.3, 0.4) is 0 Å². The lowest BCUT2D eigenvalue weighted by Crippen LogP contribution is -2.43. The quantitative estimate of drug-likeness (QED) is 0.771. The van der Waals surface area contributed by atoms with Crippen LogP contribution in [0.1, 0.15) is 30.3 Å². The molecule has 1 amide bonds. The van der Waals surface area contributed by atoms with E-state index in [1.165, 1.54) is 12.8 Å². The predicted molar refractivity (Wildman–Crippen MR) is 79.0 cm³/mol. The Kier molecular flexibility index (Phi) is 5.46. The molecule has 1 aliphatic heterocycles. The number of H-pyrrole nitrogens is 1. The summed E-state index contributed by atoms with van der Waals surface area (Å²) < 4.78 is 0. The minimum Gasteiger partial charge on any atom is -0.390 e. The maximum absolute atomic E-state index is 11.8. The Morgan fingerprint density at radius 2 is 2.30 bits per heavy atom. The number of aromatic nitrogens is 1. The lowest BCUT2D eigenvalue weighted by molar-refractivity contribution is 0.0793. The Labute approximate surface area is 124 Å². The number of aliphatic hydroxyl groups is 1. The first-order valence-corrected chi connectivity index (χ1v) is 7.45. The molecule has 1 fully saturated rings. The highest BCUT2D eigenvalue weighted by atomic mass is 35.5. The van der Waals surface area contributed by atoms with Crippen LogP contribution in [-0.4, -0.2) is 53.2 Å². The summed E-state index contributed by atoms with van der Waals surface area (Å²) in [5, 5.41) is 13.2. The van der Waals surface area contributed by atoms with Crippen molar-refractivity contribution in [1.29, 1.82) is 0 Å². The number of nitrogens with zero attached hydrogens (tertiary/aromatic N) is 1. The van der Waals surface area contributed by atoms with Crippen LogP contribution < -0.4 is 5.32 Å². The molecule has 0 saturated carbocycles. The van der Waals surface area contributed by atoms with Crippen molar-refractivity contribution < 1.29 is 9.90 Å². The molecule has 0 bridgehead atoms. The second kappa shape index (κ2) is 7.11. The van der Waals surface area contributed by atoms with Crippen molar-refractivity contribution in [2.75, 3.05) is 26.2 Å². The number of hydrogen-bond acceptors (Lipinski definition) is 3. The van der Waals surface area contributed by atoms with Gasteiger partial charge >= 0.3 is 0 Å². The van der Waals surface area contributed by atoms with Gasteiger partial charge in [-0.05, 0) is 37.9 Å².